The average Bonchev–Trinajstić information content (AvgIpc) is 2.49. The number of ether oxygens (including phenoxy) is 1. The van der Waals surface area contributed by atoms with Crippen molar-refractivity contribution in [2.75, 3.05) is 6.61 Å². The highest BCUT2D eigenvalue weighted by Crippen LogP contribution is 2.26. The van der Waals surface area contributed by atoms with Crippen molar-refractivity contribution in [2.24, 2.45) is 0 Å². The monoisotopic (exact) mass is 186 g/mol. The quantitative estimate of drug-likeness (QED) is 0.680. The van der Waals surface area contributed by atoms with Crippen molar-refractivity contribution in [1.29, 1.82) is 0 Å². The summed E-state index contributed by atoms with van der Waals surface area (Å²) in [5, 5.41) is 12.5. The van der Waals surface area contributed by atoms with E-state index in [1.807, 2.05) is 0 Å². The van der Waals surface area contributed by atoms with Crippen LogP contribution in [0.3, 0.4) is 0 Å². The predicted molar refractivity (Wildman–Crippen MR) is 39.9 cm³/mol. The van der Waals surface area contributed by atoms with Gasteiger partial charge in [-0.3, -0.25) is 4.79 Å². The van der Waals surface area contributed by atoms with Crippen LogP contribution in [-0.4, -0.2) is 27.3 Å². The van der Waals surface area contributed by atoms with Gasteiger partial charge < -0.3 is 9.84 Å². The molecule has 1 atom stereocenters. The van der Waals surface area contributed by atoms with Gasteiger partial charge >= 0.3 is 5.97 Å². The molecule has 1 N–H and O–H groups in total. The van der Waals surface area contributed by atoms with E-state index in [4.69, 9.17) is 9.84 Å². The van der Waals surface area contributed by atoms with Gasteiger partial charge in [0.1, 0.15) is 5.92 Å². The molecule has 0 aromatic carbocycles. The first kappa shape index (κ1) is 7.63. The summed E-state index contributed by atoms with van der Waals surface area (Å²) in [5.41, 5.74) is 0.568. The van der Waals surface area contributed by atoms with Crippen LogP contribution in [-0.2, 0) is 16.1 Å². The molecule has 1 aliphatic heterocycles. The Morgan fingerprint density at radius 2 is 2.58 bits per heavy atom. The lowest BCUT2D eigenvalue weighted by Crippen LogP contribution is -2.23. The highest BCUT2D eigenvalue weighted by Gasteiger charge is 2.30. The van der Waals surface area contributed by atoms with E-state index in [2.05, 4.69) is 9.59 Å². The molecule has 0 fully saturated rings. The van der Waals surface area contributed by atoms with Gasteiger partial charge in [-0.15, -0.1) is 5.10 Å². The Hall–Kier alpha value is -1.01. The van der Waals surface area contributed by atoms with Crippen molar-refractivity contribution in [3.05, 3.63) is 10.6 Å². The second-order valence-corrected chi connectivity index (χ2v) is 3.33. The van der Waals surface area contributed by atoms with Gasteiger partial charge in [0.05, 0.1) is 23.8 Å². The van der Waals surface area contributed by atoms with Gasteiger partial charge in [0.25, 0.3) is 0 Å². The molecule has 0 bridgehead atoms. The van der Waals surface area contributed by atoms with E-state index in [0.717, 1.165) is 4.88 Å². The van der Waals surface area contributed by atoms with Crippen molar-refractivity contribution in [1.82, 2.24) is 9.59 Å². The molecule has 1 aromatic heterocycles. The SMILES string of the molecule is O=C(O)C1COCc2snnc21. The third-order valence-electron chi connectivity index (χ3n) is 1.73. The summed E-state index contributed by atoms with van der Waals surface area (Å²) in [4.78, 5) is 11.5. The lowest BCUT2D eigenvalue weighted by Gasteiger charge is -2.16. The molecule has 12 heavy (non-hydrogen) atoms. The van der Waals surface area contributed by atoms with Crippen molar-refractivity contribution in [3.63, 3.8) is 0 Å². The Labute approximate surface area is 72.1 Å². The molecule has 0 radical (unpaired) electrons. The van der Waals surface area contributed by atoms with E-state index in [0.29, 0.717) is 12.3 Å². The van der Waals surface area contributed by atoms with E-state index in [1.54, 1.807) is 0 Å². The maximum Gasteiger partial charge on any atom is 0.315 e. The summed E-state index contributed by atoms with van der Waals surface area (Å²) in [5.74, 6) is -1.53. The third kappa shape index (κ3) is 1.09. The highest BCUT2D eigenvalue weighted by molar-refractivity contribution is 7.05. The largest absolute Gasteiger partial charge is 0.481 e. The molecule has 0 saturated carbocycles. The fourth-order valence-corrected chi connectivity index (χ4v) is 1.76. The highest BCUT2D eigenvalue weighted by atomic mass is 32.1. The molecular weight excluding hydrogens is 180 g/mol. The Morgan fingerprint density at radius 1 is 1.75 bits per heavy atom. The number of nitrogens with zero attached hydrogens (tertiary/aromatic N) is 2. The normalized spacial score (nSPS) is 21.8. The second-order valence-electron chi connectivity index (χ2n) is 2.49. The Morgan fingerprint density at radius 3 is 3.33 bits per heavy atom. The number of carboxylic acids is 1. The second kappa shape index (κ2) is 2.80. The molecule has 2 heterocycles. The van der Waals surface area contributed by atoms with Crippen molar-refractivity contribution >= 4 is 17.5 Å². The van der Waals surface area contributed by atoms with Crippen molar-refractivity contribution in [3.8, 4) is 0 Å². The standard InChI is InChI=1S/C6H6N2O3S/c9-6(10)3-1-11-2-4-5(3)7-8-12-4/h3H,1-2H2,(H,9,10). The van der Waals surface area contributed by atoms with Crippen LogP contribution in [0.1, 0.15) is 16.5 Å². The zero-order chi connectivity index (χ0) is 8.55. The van der Waals surface area contributed by atoms with Crippen LogP contribution < -0.4 is 0 Å². The fourth-order valence-electron chi connectivity index (χ4n) is 1.12. The Balaban J connectivity index is 2.37. The summed E-state index contributed by atoms with van der Waals surface area (Å²) < 4.78 is 8.76. The fraction of sp³-hybridized carbons (Fsp3) is 0.500. The van der Waals surface area contributed by atoms with Crippen LogP contribution in [0, 0.1) is 0 Å². The molecule has 64 valence electrons. The lowest BCUT2D eigenvalue weighted by molar-refractivity contribution is -0.141. The maximum absolute atomic E-state index is 10.7. The van der Waals surface area contributed by atoms with Gasteiger partial charge in [-0.05, 0) is 11.5 Å². The van der Waals surface area contributed by atoms with Gasteiger partial charge in [-0.2, -0.15) is 0 Å². The summed E-state index contributed by atoms with van der Waals surface area (Å²) in [6.45, 7) is 0.643. The molecule has 1 aliphatic rings. The van der Waals surface area contributed by atoms with E-state index in [9.17, 15) is 4.79 Å². The van der Waals surface area contributed by atoms with E-state index in [-0.39, 0.29) is 6.61 Å². The third-order valence-corrected chi connectivity index (χ3v) is 2.44. The topological polar surface area (TPSA) is 72.3 Å². The number of fused-ring (bicyclic) bond motifs is 1. The number of carboxylic acid groups (broad SMARTS) is 1. The first-order valence-corrected chi connectivity index (χ1v) is 4.18. The number of aliphatic carboxylic acids is 1. The van der Waals surface area contributed by atoms with Gasteiger partial charge in [0.2, 0.25) is 0 Å². The first-order chi connectivity index (χ1) is 5.79. The minimum atomic E-state index is -0.899. The van der Waals surface area contributed by atoms with Gasteiger partial charge in [0, 0.05) is 0 Å². The zero-order valence-corrected chi connectivity index (χ0v) is 6.87. The molecule has 6 heteroatoms. The molecule has 0 amide bonds. The van der Waals surface area contributed by atoms with Crippen LogP contribution in [0.25, 0.3) is 0 Å². The smallest absolute Gasteiger partial charge is 0.315 e. The molecule has 5 nitrogen and oxygen atoms in total. The Bertz CT molecular complexity index is 311. The molecule has 2 rings (SSSR count). The molecule has 0 spiro atoms. The summed E-state index contributed by atoms with van der Waals surface area (Å²) >= 11 is 1.20. The van der Waals surface area contributed by atoms with Gasteiger partial charge in [-0.1, -0.05) is 4.49 Å². The van der Waals surface area contributed by atoms with E-state index < -0.39 is 11.9 Å². The summed E-state index contributed by atoms with van der Waals surface area (Å²) in [6.07, 6.45) is 0. The zero-order valence-electron chi connectivity index (χ0n) is 6.06. The number of carbonyl (C=O) groups is 1. The van der Waals surface area contributed by atoms with Crippen LogP contribution in [0.4, 0.5) is 0 Å². The Kier molecular flexibility index (Phi) is 1.78. The van der Waals surface area contributed by atoms with Gasteiger partial charge in [0.15, 0.2) is 0 Å². The van der Waals surface area contributed by atoms with Crippen LogP contribution in [0.5, 0.6) is 0 Å². The maximum atomic E-state index is 10.7. The van der Waals surface area contributed by atoms with Crippen molar-refractivity contribution in [2.45, 2.75) is 12.5 Å². The number of aromatic nitrogens is 2. The predicted octanol–water partition coefficient (Wildman–Crippen LogP) is 0.236. The van der Waals surface area contributed by atoms with Crippen LogP contribution >= 0.6 is 11.5 Å². The molecule has 1 unspecified atom stereocenters. The molecule has 1 aromatic rings. The summed E-state index contributed by atoms with van der Waals surface area (Å²) in [7, 11) is 0. The summed E-state index contributed by atoms with van der Waals surface area (Å²) in [6, 6.07) is 0. The van der Waals surface area contributed by atoms with Gasteiger partial charge in [-0.25, -0.2) is 0 Å². The van der Waals surface area contributed by atoms with Crippen LogP contribution in [0.15, 0.2) is 0 Å². The lowest BCUT2D eigenvalue weighted by atomic mass is 10.0. The minimum absolute atomic E-state index is 0.202. The van der Waals surface area contributed by atoms with Crippen LogP contribution in [0.2, 0.25) is 0 Å². The number of hydrogen-bond donors (Lipinski definition) is 1. The average molecular weight is 186 g/mol. The van der Waals surface area contributed by atoms with E-state index >= 15 is 0 Å². The molecule has 0 saturated heterocycles. The number of hydrogen-bond acceptors (Lipinski definition) is 5. The van der Waals surface area contributed by atoms with E-state index in [1.165, 1.54) is 11.5 Å². The number of rotatable bonds is 1. The first-order valence-electron chi connectivity index (χ1n) is 3.40. The molecular formula is C6H6N2O3S. The molecule has 0 aliphatic carbocycles. The van der Waals surface area contributed by atoms with Crippen molar-refractivity contribution < 1.29 is 14.6 Å². The minimum Gasteiger partial charge on any atom is -0.481 e.